The Morgan fingerprint density at radius 3 is 2.70 bits per heavy atom. The van der Waals surface area contributed by atoms with Crippen molar-refractivity contribution in [2.45, 2.75) is 19.9 Å². The fourth-order valence-electron chi connectivity index (χ4n) is 3.78. The van der Waals surface area contributed by atoms with Crippen LogP contribution in [0.25, 0.3) is 22.2 Å². The molecule has 0 spiro atoms. The summed E-state index contributed by atoms with van der Waals surface area (Å²) in [4.78, 5) is 2.25. The second-order valence-corrected chi connectivity index (χ2v) is 7.10. The van der Waals surface area contributed by atoms with Gasteiger partial charge in [-0.1, -0.05) is 41.9 Å². The zero-order chi connectivity index (χ0) is 16.1. The molecule has 0 bridgehead atoms. The molecule has 0 amide bonds. The zero-order valence-electron chi connectivity index (χ0n) is 13.9. The Balaban J connectivity index is 2.02. The molecule has 2 heterocycles. The summed E-state index contributed by atoms with van der Waals surface area (Å²) >= 11 is 6.42. The maximum Gasteiger partial charge on any atom is 0.0536 e. The highest BCUT2D eigenvalue weighted by Gasteiger charge is 2.26. The Kier molecular flexibility index (Phi) is 3.47. The van der Waals surface area contributed by atoms with Crippen molar-refractivity contribution in [1.82, 2.24) is 9.47 Å². The first kappa shape index (κ1) is 14.8. The van der Waals surface area contributed by atoms with Crippen molar-refractivity contribution in [3.8, 4) is 11.3 Å². The molecule has 23 heavy (non-hydrogen) atoms. The van der Waals surface area contributed by atoms with Gasteiger partial charge in [0.25, 0.3) is 0 Å². The minimum atomic E-state index is 0.855. The predicted octanol–water partition coefficient (Wildman–Crippen LogP) is 4.74. The summed E-state index contributed by atoms with van der Waals surface area (Å²) in [5.41, 5.74) is 8.14. The number of halogens is 1. The fourth-order valence-corrected chi connectivity index (χ4v) is 3.94. The summed E-state index contributed by atoms with van der Waals surface area (Å²) in [6, 6.07) is 13.0. The topological polar surface area (TPSA) is 8.17 Å². The van der Waals surface area contributed by atoms with Crippen LogP contribution >= 0.6 is 11.6 Å². The Morgan fingerprint density at radius 1 is 1.13 bits per heavy atom. The highest BCUT2D eigenvalue weighted by molar-refractivity contribution is 6.32. The van der Waals surface area contributed by atoms with Crippen LogP contribution in [-0.2, 0) is 13.0 Å². The van der Waals surface area contributed by atoms with E-state index < -0.39 is 0 Å². The van der Waals surface area contributed by atoms with Crippen molar-refractivity contribution in [3.05, 3.63) is 58.1 Å². The number of aryl methyl sites for hydroxylation is 1. The number of hydrogen-bond donors (Lipinski definition) is 0. The zero-order valence-corrected chi connectivity index (χ0v) is 14.6. The summed E-state index contributed by atoms with van der Waals surface area (Å²) in [6.07, 6.45) is 1.06. The van der Waals surface area contributed by atoms with Gasteiger partial charge in [-0.05, 0) is 50.2 Å². The smallest absolute Gasteiger partial charge is 0.0536 e. The minimum Gasteiger partial charge on any atom is -0.335 e. The summed E-state index contributed by atoms with van der Waals surface area (Å²) in [6.45, 7) is 4.14. The van der Waals surface area contributed by atoms with Crippen LogP contribution < -0.4 is 0 Å². The number of aromatic nitrogens is 1. The van der Waals surface area contributed by atoms with E-state index in [4.69, 9.17) is 11.6 Å². The molecule has 0 aliphatic carbocycles. The van der Waals surface area contributed by atoms with E-state index in [2.05, 4.69) is 60.8 Å². The number of nitrogens with zero attached hydrogens (tertiary/aromatic N) is 2. The molecule has 0 radical (unpaired) electrons. The highest BCUT2D eigenvalue weighted by atomic mass is 35.5. The van der Waals surface area contributed by atoms with Crippen LogP contribution in [0, 0.1) is 6.92 Å². The van der Waals surface area contributed by atoms with Gasteiger partial charge in [0, 0.05) is 29.1 Å². The van der Waals surface area contributed by atoms with Gasteiger partial charge in [-0.25, -0.2) is 0 Å². The van der Waals surface area contributed by atoms with Crippen molar-refractivity contribution >= 4 is 22.5 Å². The van der Waals surface area contributed by atoms with E-state index in [0.717, 1.165) is 24.5 Å². The van der Waals surface area contributed by atoms with E-state index in [9.17, 15) is 0 Å². The van der Waals surface area contributed by atoms with Gasteiger partial charge in [-0.2, -0.15) is 0 Å². The lowest BCUT2D eigenvalue weighted by Crippen LogP contribution is -2.15. The second kappa shape index (κ2) is 5.40. The van der Waals surface area contributed by atoms with Crippen LogP contribution in [0.4, 0.5) is 0 Å². The maximum atomic E-state index is 6.42. The van der Waals surface area contributed by atoms with Crippen LogP contribution in [0.3, 0.4) is 0 Å². The maximum absolute atomic E-state index is 6.42. The average molecular weight is 325 g/mol. The molecule has 118 valence electrons. The van der Waals surface area contributed by atoms with Gasteiger partial charge >= 0.3 is 0 Å². The van der Waals surface area contributed by atoms with Crippen molar-refractivity contribution in [3.63, 3.8) is 0 Å². The second-order valence-electron chi connectivity index (χ2n) is 6.69. The summed E-state index contributed by atoms with van der Waals surface area (Å²) < 4.78 is 2.46. The molecule has 0 atom stereocenters. The molecule has 2 aromatic carbocycles. The SMILES string of the molecule is Cc1c(Cl)ccc2c(CCN(C)C)c3n(c12)Cc1ccccc1-3. The molecule has 1 aliphatic heterocycles. The first-order valence-corrected chi connectivity index (χ1v) is 8.49. The van der Waals surface area contributed by atoms with Crippen LogP contribution in [0.5, 0.6) is 0 Å². The first-order chi connectivity index (χ1) is 11.1. The van der Waals surface area contributed by atoms with Gasteiger partial charge in [-0.3, -0.25) is 0 Å². The molecule has 3 heteroatoms. The standard InChI is InChI=1S/C20H21ClN2/c1-13-18(21)9-8-16-17(10-11-22(2)3)20-15-7-5-4-6-14(15)12-23(20)19(13)16/h4-9H,10-12H2,1-3H3. The number of benzene rings is 2. The van der Waals surface area contributed by atoms with Crippen LogP contribution in [-0.4, -0.2) is 30.1 Å². The van der Waals surface area contributed by atoms with Gasteiger partial charge in [0.2, 0.25) is 0 Å². The van der Waals surface area contributed by atoms with E-state index >= 15 is 0 Å². The molecule has 0 unspecified atom stereocenters. The number of hydrogen-bond acceptors (Lipinski definition) is 1. The van der Waals surface area contributed by atoms with Crippen LogP contribution in [0.15, 0.2) is 36.4 Å². The van der Waals surface area contributed by atoms with E-state index in [1.807, 2.05) is 6.07 Å². The average Bonchev–Trinajstić information content (AvgIpc) is 3.03. The van der Waals surface area contributed by atoms with Crippen molar-refractivity contribution in [2.24, 2.45) is 0 Å². The lowest BCUT2D eigenvalue weighted by Gasteiger charge is -2.10. The number of fused-ring (bicyclic) bond motifs is 5. The molecule has 0 fully saturated rings. The molecular weight excluding hydrogens is 304 g/mol. The molecular formula is C20H21ClN2. The van der Waals surface area contributed by atoms with Crippen molar-refractivity contribution in [1.29, 1.82) is 0 Å². The molecule has 3 aromatic rings. The predicted molar refractivity (Wildman–Crippen MR) is 98.5 cm³/mol. The van der Waals surface area contributed by atoms with Crippen molar-refractivity contribution in [2.75, 3.05) is 20.6 Å². The summed E-state index contributed by atoms with van der Waals surface area (Å²) in [7, 11) is 4.27. The summed E-state index contributed by atoms with van der Waals surface area (Å²) in [5, 5.41) is 2.21. The van der Waals surface area contributed by atoms with Crippen molar-refractivity contribution < 1.29 is 0 Å². The lowest BCUT2D eigenvalue weighted by molar-refractivity contribution is 0.414. The van der Waals surface area contributed by atoms with Gasteiger partial charge in [0.15, 0.2) is 0 Å². The summed E-state index contributed by atoms with van der Waals surface area (Å²) in [5.74, 6) is 0. The van der Waals surface area contributed by atoms with Crippen LogP contribution in [0.2, 0.25) is 5.02 Å². The van der Waals surface area contributed by atoms with E-state index in [1.54, 1.807) is 0 Å². The lowest BCUT2D eigenvalue weighted by atomic mass is 9.99. The number of rotatable bonds is 3. The Morgan fingerprint density at radius 2 is 1.91 bits per heavy atom. The van der Waals surface area contributed by atoms with E-state index in [0.29, 0.717) is 0 Å². The number of likely N-dealkylation sites (N-methyl/N-ethyl adjacent to an activating group) is 1. The van der Waals surface area contributed by atoms with Gasteiger partial charge < -0.3 is 9.47 Å². The Bertz CT molecular complexity index is 906. The molecule has 1 aromatic heterocycles. The van der Waals surface area contributed by atoms with Gasteiger partial charge in [-0.15, -0.1) is 0 Å². The molecule has 1 aliphatic rings. The van der Waals surface area contributed by atoms with E-state index in [1.165, 1.54) is 38.9 Å². The third-order valence-corrected chi connectivity index (χ3v) is 5.34. The molecule has 0 saturated heterocycles. The highest BCUT2D eigenvalue weighted by Crippen LogP contribution is 2.43. The third-order valence-electron chi connectivity index (χ3n) is 4.93. The van der Waals surface area contributed by atoms with Gasteiger partial charge in [0.05, 0.1) is 11.2 Å². The van der Waals surface area contributed by atoms with Crippen LogP contribution in [0.1, 0.15) is 16.7 Å². The largest absolute Gasteiger partial charge is 0.335 e. The fraction of sp³-hybridized carbons (Fsp3) is 0.300. The monoisotopic (exact) mass is 324 g/mol. The minimum absolute atomic E-state index is 0.855. The normalized spacial score (nSPS) is 12.9. The third kappa shape index (κ3) is 2.20. The first-order valence-electron chi connectivity index (χ1n) is 8.11. The molecule has 0 N–H and O–H groups in total. The molecule has 0 saturated carbocycles. The molecule has 4 rings (SSSR count). The van der Waals surface area contributed by atoms with E-state index in [-0.39, 0.29) is 0 Å². The van der Waals surface area contributed by atoms with Gasteiger partial charge in [0.1, 0.15) is 0 Å². The molecule has 2 nitrogen and oxygen atoms in total. The Labute approximate surface area is 142 Å². The Hall–Kier alpha value is -1.77. The quantitative estimate of drug-likeness (QED) is 0.528.